The van der Waals surface area contributed by atoms with Crippen LogP contribution < -0.4 is 16.4 Å². The van der Waals surface area contributed by atoms with Crippen molar-refractivity contribution in [1.29, 1.82) is 0 Å². The van der Waals surface area contributed by atoms with Crippen molar-refractivity contribution in [3.05, 3.63) is 90.0 Å². The number of carbonyl (C=O) groups is 2. The molecular formula is C30H37N3O4S. The van der Waals surface area contributed by atoms with Crippen molar-refractivity contribution in [2.24, 2.45) is 11.7 Å². The fraction of sp³-hybridized carbons (Fsp3) is 0.333. The first kappa shape index (κ1) is 29.1. The van der Waals surface area contributed by atoms with Gasteiger partial charge in [-0.3, -0.25) is 14.9 Å². The Morgan fingerprint density at radius 3 is 1.87 bits per heavy atom. The molecule has 3 atom stereocenters. The van der Waals surface area contributed by atoms with Crippen LogP contribution in [0.5, 0.6) is 0 Å². The molecule has 3 aromatic rings. The first-order chi connectivity index (χ1) is 17.9. The first-order valence-electron chi connectivity index (χ1n) is 12.7. The molecule has 2 amide bonds. The number of sulfone groups is 1. The molecule has 4 N–H and O–H groups in total. The highest BCUT2D eigenvalue weighted by molar-refractivity contribution is 7.90. The molecule has 0 spiro atoms. The molecule has 3 aromatic carbocycles. The molecule has 38 heavy (non-hydrogen) atoms. The van der Waals surface area contributed by atoms with Crippen molar-refractivity contribution in [2.45, 2.75) is 56.6 Å². The lowest BCUT2D eigenvalue weighted by molar-refractivity contribution is -0.129. The normalized spacial score (nSPS) is 14.0. The van der Waals surface area contributed by atoms with Gasteiger partial charge in [0.05, 0.1) is 10.9 Å². The van der Waals surface area contributed by atoms with Gasteiger partial charge in [0.2, 0.25) is 11.8 Å². The minimum atomic E-state index is -3.24. The standard InChI is InChI=1S/C30H37N3O4S/c1-20(2)18-28(30(35)33-27(29(31)34)19-22-8-6-5-7-9-22)32-21(3)23-10-12-24(13-11-23)25-14-16-26(17-15-25)38(4,36)37/h5-17,20-21,27-28,32H,18-19H2,1-4H3,(H2,31,34)(H,33,35)/t21-,27+,28+/m1/s1. The summed E-state index contributed by atoms with van der Waals surface area (Å²) in [6.45, 7) is 6.09. The summed E-state index contributed by atoms with van der Waals surface area (Å²) in [6, 6.07) is 22.8. The van der Waals surface area contributed by atoms with E-state index in [0.29, 0.717) is 12.8 Å². The maximum atomic E-state index is 13.3. The Bertz CT molecular complexity index is 1320. The van der Waals surface area contributed by atoms with Gasteiger partial charge in [-0.05, 0) is 53.6 Å². The zero-order valence-corrected chi connectivity index (χ0v) is 23.2. The largest absolute Gasteiger partial charge is 0.368 e. The number of amides is 2. The number of nitrogens with one attached hydrogen (secondary N) is 2. The third-order valence-corrected chi connectivity index (χ3v) is 7.57. The number of hydrogen-bond donors (Lipinski definition) is 3. The van der Waals surface area contributed by atoms with E-state index in [2.05, 4.69) is 10.6 Å². The Hall–Kier alpha value is -3.49. The number of rotatable bonds is 12. The predicted octanol–water partition coefficient (Wildman–Crippen LogP) is 4.04. The fourth-order valence-corrected chi connectivity index (χ4v) is 4.95. The molecule has 0 fully saturated rings. The van der Waals surface area contributed by atoms with E-state index in [9.17, 15) is 18.0 Å². The highest BCUT2D eigenvalue weighted by atomic mass is 32.2. The number of hydrogen-bond acceptors (Lipinski definition) is 5. The van der Waals surface area contributed by atoms with Crippen LogP contribution in [0.15, 0.2) is 83.8 Å². The number of nitrogens with two attached hydrogens (primary N) is 1. The molecular weight excluding hydrogens is 498 g/mol. The average Bonchev–Trinajstić information content (AvgIpc) is 2.87. The van der Waals surface area contributed by atoms with Gasteiger partial charge in [0.1, 0.15) is 6.04 Å². The lowest BCUT2D eigenvalue weighted by atomic mass is 9.98. The van der Waals surface area contributed by atoms with Crippen LogP contribution in [0, 0.1) is 5.92 Å². The number of primary amides is 1. The summed E-state index contributed by atoms with van der Waals surface area (Å²) < 4.78 is 23.4. The zero-order valence-electron chi connectivity index (χ0n) is 22.3. The summed E-state index contributed by atoms with van der Waals surface area (Å²) in [6.07, 6.45) is 2.12. The molecule has 0 heterocycles. The predicted molar refractivity (Wildman–Crippen MR) is 151 cm³/mol. The monoisotopic (exact) mass is 535 g/mol. The van der Waals surface area contributed by atoms with E-state index in [1.54, 1.807) is 24.3 Å². The molecule has 0 unspecified atom stereocenters. The van der Waals surface area contributed by atoms with Crippen molar-refractivity contribution in [3.63, 3.8) is 0 Å². The van der Waals surface area contributed by atoms with Gasteiger partial charge in [-0.15, -0.1) is 0 Å². The van der Waals surface area contributed by atoms with Crippen molar-refractivity contribution >= 4 is 21.7 Å². The van der Waals surface area contributed by atoms with Gasteiger partial charge in [0.25, 0.3) is 0 Å². The Morgan fingerprint density at radius 2 is 1.37 bits per heavy atom. The van der Waals surface area contributed by atoms with Crippen LogP contribution in [0.1, 0.15) is 44.4 Å². The molecule has 0 aliphatic carbocycles. The van der Waals surface area contributed by atoms with E-state index in [0.717, 1.165) is 22.3 Å². The fourth-order valence-electron chi connectivity index (χ4n) is 4.32. The maximum Gasteiger partial charge on any atom is 0.240 e. The van der Waals surface area contributed by atoms with Gasteiger partial charge in [-0.1, -0.05) is 80.6 Å². The van der Waals surface area contributed by atoms with E-state index in [1.165, 1.54) is 6.26 Å². The highest BCUT2D eigenvalue weighted by Crippen LogP contribution is 2.24. The van der Waals surface area contributed by atoms with E-state index in [4.69, 9.17) is 5.73 Å². The van der Waals surface area contributed by atoms with Crippen LogP contribution in [0.4, 0.5) is 0 Å². The quantitative estimate of drug-likeness (QED) is 0.324. The lowest BCUT2D eigenvalue weighted by Gasteiger charge is -2.26. The molecule has 0 saturated heterocycles. The minimum Gasteiger partial charge on any atom is -0.368 e. The Kier molecular flexibility index (Phi) is 9.83. The topological polar surface area (TPSA) is 118 Å². The third-order valence-electron chi connectivity index (χ3n) is 6.44. The minimum absolute atomic E-state index is 0.132. The van der Waals surface area contributed by atoms with E-state index in [1.807, 2.05) is 75.4 Å². The Labute approximate surface area is 225 Å². The Morgan fingerprint density at radius 1 is 0.816 bits per heavy atom. The number of benzene rings is 3. The molecule has 0 aromatic heterocycles. The molecule has 0 aliphatic heterocycles. The molecule has 8 heteroatoms. The van der Waals surface area contributed by atoms with Gasteiger partial charge in [-0.2, -0.15) is 0 Å². The maximum absolute atomic E-state index is 13.3. The molecule has 202 valence electrons. The third kappa shape index (κ3) is 8.26. The van der Waals surface area contributed by atoms with E-state index < -0.39 is 27.8 Å². The molecule has 0 aliphatic rings. The molecule has 7 nitrogen and oxygen atoms in total. The number of carbonyl (C=O) groups excluding carboxylic acids is 2. The molecule has 3 rings (SSSR count). The summed E-state index contributed by atoms with van der Waals surface area (Å²) in [5, 5.41) is 6.28. The highest BCUT2D eigenvalue weighted by Gasteiger charge is 2.26. The van der Waals surface area contributed by atoms with Crippen molar-refractivity contribution in [2.75, 3.05) is 6.26 Å². The van der Waals surface area contributed by atoms with Gasteiger partial charge < -0.3 is 11.1 Å². The van der Waals surface area contributed by atoms with Gasteiger partial charge in [0.15, 0.2) is 9.84 Å². The van der Waals surface area contributed by atoms with E-state index >= 15 is 0 Å². The second-order valence-corrected chi connectivity index (χ2v) is 12.2. The summed E-state index contributed by atoms with van der Waals surface area (Å²) in [7, 11) is -3.24. The second-order valence-electron chi connectivity index (χ2n) is 10.1. The van der Waals surface area contributed by atoms with Crippen LogP contribution >= 0.6 is 0 Å². The van der Waals surface area contributed by atoms with Crippen molar-refractivity contribution in [1.82, 2.24) is 10.6 Å². The van der Waals surface area contributed by atoms with Crippen LogP contribution in [0.3, 0.4) is 0 Å². The average molecular weight is 536 g/mol. The summed E-state index contributed by atoms with van der Waals surface area (Å²) >= 11 is 0. The first-order valence-corrected chi connectivity index (χ1v) is 14.6. The van der Waals surface area contributed by atoms with Crippen LogP contribution in [-0.4, -0.2) is 38.6 Å². The van der Waals surface area contributed by atoms with Crippen LogP contribution in [0.2, 0.25) is 0 Å². The van der Waals surface area contributed by atoms with Crippen LogP contribution in [0.25, 0.3) is 11.1 Å². The molecule has 0 saturated carbocycles. The zero-order chi connectivity index (χ0) is 27.9. The summed E-state index contributed by atoms with van der Waals surface area (Å²) in [5.74, 6) is -0.574. The van der Waals surface area contributed by atoms with Gasteiger partial charge >= 0.3 is 0 Å². The summed E-state index contributed by atoms with van der Waals surface area (Å²) in [5.41, 5.74) is 9.41. The lowest BCUT2D eigenvalue weighted by Crippen LogP contribution is -2.53. The molecule has 0 bridgehead atoms. The van der Waals surface area contributed by atoms with Crippen molar-refractivity contribution < 1.29 is 18.0 Å². The van der Waals surface area contributed by atoms with Gasteiger partial charge in [-0.25, -0.2) is 8.42 Å². The van der Waals surface area contributed by atoms with Crippen LogP contribution in [-0.2, 0) is 25.8 Å². The molecule has 0 radical (unpaired) electrons. The Balaban J connectivity index is 1.70. The van der Waals surface area contributed by atoms with Crippen molar-refractivity contribution in [3.8, 4) is 11.1 Å². The summed E-state index contributed by atoms with van der Waals surface area (Å²) in [4.78, 5) is 25.6. The second kappa shape index (κ2) is 12.8. The van der Waals surface area contributed by atoms with E-state index in [-0.39, 0.29) is 22.8 Å². The van der Waals surface area contributed by atoms with Gasteiger partial charge in [0, 0.05) is 18.7 Å². The SMILES string of the molecule is CC(C)C[C@H](N[C@H](C)c1ccc(-c2ccc(S(C)(=O)=O)cc2)cc1)C(=O)N[C@@H](Cc1ccccc1)C(N)=O. The smallest absolute Gasteiger partial charge is 0.240 e.